The lowest BCUT2D eigenvalue weighted by molar-refractivity contribution is 0.229. The Morgan fingerprint density at radius 1 is 1.25 bits per heavy atom. The van der Waals surface area contributed by atoms with Crippen LogP contribution in [0.3, 0.4) is 0 Å². The van der Waals surface area contributed by atoms with Gasteiger partial charge in [-0.3, -0.25) is 4.98 Å². The van der Waals surface area contributed by atoms with Crippen LogP contribution in [-0.4, -0.2) is 35.1 Å². The molecule has 1 N–H and O–H groups in total. The fraction of sp³-hybridized carbons (Fsp3) is 0.316. The van der Waals surface area contributed by atoms with E-state index in [0.717, 1.165) is 16.8 Å². The minimum Gasteiger partial charge on any atom is -0.470 e. The van der Waals surface area contributed by atoms with E-state index < -0.39 is 0 Å². The van der Waals surface area contributed by atoms with Crippen LogP contribution in [0.1, 0.15) is 37.8 Å². The topological polar surface area (TPSA) is 111 Å². The van der Waals surface area contributed by atoms with E-state index in [9.17, 15) is 5.11 Å². The van der Waals surface area contributed by atoms with Crippen molar-refractivity contribution in [2.24, 2.45) is 0 Å². The first kappa shape index (κ1) is 18.1. The summed E-state index contributed by atoms with van der Waals surface area (Å²) in [4.78, 5) is 4.29. The maximum atomic E-state index is 9.23. The molecule has 0 amide bonds. The molecule has 0 saturated carbocycles. The molecule has 9 heteroatoms. The Kier molecular flexibility index (Phi) is 4.52. The van der Waals surface area contributed by atoms with Crippen molar-refractivity contribution in [3.8, 4) is 17.4 Å². The van der Waals surface area contributed by atoms with Crippen LogP contribution in [0.15, 0.2) is 41.2 Å². The van der Waals surface area contributed by atoms with E-state index in [1.165, 1.54) is 0 Å². The molecule has 0 fully saturated rings. The van der Waals surface area contributed by atoms with Gasteiger partial charge >= 0.3 is 0 Å². The Balaban J connectivity index is 1.81. The van der Waals surface area contributed by atoms with Crippen molar-refractivity contribution in [1.29, 1.82) is 0 Å². The molecule has 4 aromatic rings. The highest BCUT2D eigenvalue weighted by Crippen LogP contribution is 2.35. The molecule has 0 aliphatic rings. The van der Waals surface area contributed by atoms with Crippen molar-refractivity contribution >= 4 is 5.52 Å². The predicted molar refractivity (Wildman–Crippen MR) is 99.5 cm³/mol. The van der Waals surface area contributed by atoms with Gasteiger partial charge in [-0.25, -0.2) is 4.52 Å². The molecule has 4 rings (SSSR count). The van der Waals surface area contributed by atoms with E-state index in [0.29, 0.717) is 29.8 Å². The van der Waals surface area contributed by atoms with Crippen molar-refractivity contribution in [2.45, 2.75) is 39.4 Å². The first-order chi connectivity index (χ1) is 13.5. The zero-order valence-electron chi connectivity index (χ0n) is 15.8. The number of hydrogen-bond acceptors (Lipinski definition) is 8. The summed E-state index contributed by atoms with van der Waals surface area (Å²) in [6.07, 6.45) is 3.38. The number of aliphatic hydroxyl groups excluding tert-OH is 1. The largest absolute Gasteiger partial charge is 0.470 e. The standard InChI is InChI=1S/C19H20N6O3/c1-19(2,3)16-15-9-21-22-17(14-8-13(10-26)28-24-14)25(15)23-18(16)27-11-12-6-4-5-7-20-12/h4-9,26H,10-11H2,1-3H3. The van der Waals surface area contributed by atoms with Crippen LogP contribution in [0.25, 0.3) is 17.0 Å². The number of fused-ring (bicyclic) bond motifs is 1. The highest BCUT2D eigenvalue weighted by Gasteiger charge is 2.28. The maximum absolute atomic E-state index is 9.23. The lowest BCUT2D eigenvalue weighted by Gasteiger charge is -2.18. The molecule has 0 aliphatic heterocycles. The third-order valence-electron chi connectivity index (χ3n) is 4.20. The van der Waals surface area contributed by atoms with Crippen LogP contribution in [-0.2, 0) is 18.6 Å². The molecular formula is C19H20N6O3. The molecule has 4 heterocycles. The number of aromatic nitrogens is 6. The summed E-state index contributed by atoms with van der Waals surface area (Å²) < 4.78 is 12.7. The Morgan fingerprint density at radius 2 is 2.11 bits per heavy atom. The highest BCUT2D eigenvalue weighted by atomic mass is 16.5. The fourth-order valence-electron chi connectivity index (χ4n) is 2.96. The Morgan fingerprint density at radius 3 is 2.79 bits per heavy atom. The molecular weight excluding hydrogens is 360 g/mol. The Bertz CT molecular complexity index is 1100. The van der Waals surface area contributed by atoms with E-state index in [1.807, 2.05) is 18.2 Å². The molecule has 0 aliphatic carbocycles. The second-order valence-corrected chi connectivity index (χ2v) is 7.34. The van der Waals surface area contributed by atoms with Crippen LogP contribution < -0.4 is 4.74 Å². The number of aliphatic hydroxyl groups is 1. The average molecular weight is 380 g/mol. The lowest BCUT2D eigenvalue weighted by Crippen LogP contribution is -2.13. The maximum Gasteiger partial charge on any atom is 0.238 e. The second kappa shape index (κ2) is 7.01. The van der Waals surface area contributed by atoms with Gasteiger partial charge in [0.05, 0.1) is 17.4 Å². The van der Waals surface area contributed by atoms with Gasteiger partial charge in [0.25, 0.3) is 0 Å². The van der Waals surface area contributed by atoms with Crippen molar-refractivity contribution < 1.29 is 14.4 Å². The fourth-order valence-corrected chi connectivity index (χ4v) is 2.96. The van der Waals surface area contributed by atoms with Gasteiger partial charge in [0.1, 0.15) is 13.2 Å². The summed E-state index contributed by atoms with van der Waals surface area (Å²) in [7, 11) is 0. The predicted octanol–water partition coefficient (Wildman–Crippen LogP) is 2.54. The average Bonchev–Trinajstić information content (AvgIpc) is 3.30. The minimum absolute atomic E-state index is 0.248. The Labute approximate surface area is 161 Å². The van der Waals surface area contributed by atoms with Crippen LogP contribution in [0.2, 0.25) is 0 Å². The molecule has 0 radical (unpaired) electrons. The smallest absolute Gasteiger partial charge is 0.238 e. The second-order valence-electron chi connectivity index (χ2n) is 7.34. The normalized spacial score (nSPS) is 11.9. The van der Waals surface area contributed by atoms with Gasteiger partial charge in [-0.15, -0.1) is 10.2 Å². The zero-order chi connectivity index (χ0) is 19.7. The van der Waals surface area contributed by atoms with Gasteiger partial charge < -0.3 is 14.4 Å². The highest BCUT2D eigenvalue weighted by molar-refractivity contribution is 5.64. The number of hydrogen-bond donors (Lipinski definition) is 1. The van der Waals surface area contributed by atoms with E-state index in [1.54, 1.807) is 23.0 Å². The van der Waals surface area contributed by atoms with Crippen molar-refractivity contribution in [3.05, 3.63) is 53.7 Å². The summed E-state index contributed by atoms with van der Waals surface area (Å²) in [5.41, 5.74) is 2.66. The van der Waals surface area contributed by atoms with E-state index in [2.05, 4.69) is 46.2 Å². The molecule has 0 unspecified atom stereocenters. The monoisotopic (exact) mass is 380 g/mol. The van der Waals surface area contributed by atoms with Crippen LogP contribution in [0.4, 0.5) is 0 Å². The first-order valence-electron chi connectivity index (χ1n) is 8.82. The molecule has 0 saturated heterocycles. The number of ether oxygens (including phenoxy) is 1. The number of nitrogens with zero attached hydrogens (tertiary/aromatic N) is 6. The first-order valence-corrected chi connectivity index (χ1v) is 8.82. The van der Waals surface area contributed by atoms with Gasteiger partial charge in [-0.1, -0.05) is 32.0 Å². The summed E-state index contributed by atoms with van der Waals surface area (Å²) in [5.74, 6) is 1.22. The molecule has 0 spiro atoms. The summed E-state index contributed by atoms with van der Waals surface area (Å²) in [6, 6.07) is 7.27. The third kappa shape index (κ3) is 3.31. The molecule has 4 aromatic heterocycles. The van der Waals surface area contributed by atoms with E-state index in [4.69, 9.17) is 9.26 Å². The van der Waals surface area contributed by atoms with Gasteiger partial charge in [0, 0.05) is 17.8 Å². The summed E-state index contributed by atoms with van der Waals surface area (Å²) in [5, 5.41) is 26.1. The van der Waals surface area contributed by atoms with Crippen molar-refractivity contribution in [3.63, 3.8) is 0 Å². The third-order valence-corrected chi connectivity index (χ3v) is 4.20. The zero-order valence-corrected chi connectivity index (χ0v) is 15.8. The molecule has 144 valence electrons. The van der Waals surface area contributed by atoms with Crippen molar-refractivity contribution in [2.75, 3.05) is 0 Å². The Hall–Kier alpha value is -3.33. The van der Waals surface area contributed by atoms with Crippen LogP contribution in [0.5, 0.6) is 5.88 Å². The summed E-state index contributed by atoms with van der Waals surface area (Å²) in [6.45, 7) is 6.29. The molecule has 0 aromatic carbocycles. The van der Waals surface area contributed by atoms with E-state index >= 15 is 0 Å². The van der Waals surface area contributed by atoms with Gasteiger partial charge in [0.15, 0.2) is 11.5 Å². The molecule has 0 bridgehead atoms. The SMILES string of the molecule is CC(C)(C)c1c(OCc2ccccn2)nn2c(-c3cc(CO)on3)nncc12. The van der Waals surface area contributed by atoms with Gasteiger partial charge in [-0.05, 0) is 17.5 Å². The molecule has 0 atom stereocenters. The van der Waals surface area contributed by atoms with Crippen LogP contribution >= 0.6 is 0 Å². The molecule has 9 nitrogen and oxygen atoms in total. The quantitative estimate of drug-likeness (QED) is 0.562. The number of pyridine rings is 1. The van der Waals surface area contributed by atoms with E-state index in [-0.39, 0.29) is 12.0 Å². The lowest BCUT2D eigenvalue weighted by atomic mass is 9.88. The molecule has 28 heavy (non-hydrogen) atoms. The van der Waals surface area contributed by atoms with Crippen molar-refractivity contribution in [1.82, 2.24) is 30.0 Å². The minimum atomic E-state index is -0.249. The summed E-state index contributed by atoms with van der Waals surface area (Å²) >= 11 is 0. The van der Waals surface area contributed by atoms with Gasteiger partial charge in [-0.2, -0.15) is 5.10 Å². The van der Waals surface area contributed by atoms with Crippen LogP contribution in [0, 0.1) is 0 Å². The number of rotatable bonds is 5. The van der Waals surface area contributed by atoms with Gasteiger partial charge in [0.2, 0.25) is 11.7 Å².